The lowest BCUT2D eigenvalue weighted by Crippen LogP contribution is -2.26. The second-order valence-electron chi connectivity index (χ2n) is 7.08. The van der Waals surface area contributed by atoms with Crippen molar-refractivity contribution < 1.29 is 13.7 Å². The van der Waals surface area contributed by atoms with Crippen molar-refractivity contribution in [3.8, 4) is 22.8 Å². The highest BCUT2D eigenvalue weighted by Gasteiger charge is 2.19. The summed E-state index contributed by atoms with van der Waals surface area (Å²) in [5.74, 6) is 1.09. The predicted molar refractivity (Wildman–Crippen MR) is 115 cm³/mol. The van der Waals surface area contributed by atoms with Gasteiger partial charge in [0.15, 0.2) is 5.58 Å². The highest BCUT2D eigenvalue weighted by atomic mass is 16.5. The molecule has 1 unspecified atom stereocenters. The number of aromatic nitrogens is 3. The van der Waals surface area contributed by atoms with Crippen LogP contribution in [0.4, 0.5) is 0 Å². The van der Waals surface area contributed by atoms with Crippen LogP contribution in [0.25, 0.3) is 33.9 Å². The first-order chi connectivity index (χ1) is 15.2. The standard InChI is InChI=1S/C24H18N4O3/c1-15(25-22(29)16-8-4-2-5-9-16)23-27-21(28-31-23)18-12-13-20-19(14-18)26-24(30-20)17-10-6-3-7-11-17/h2-15H,1H3,(H,25,29). The lowest BCUT2D eigenvalue weighted by molar-refractivity contribution is 0.0932. The first-order valence-corrected chi connectivity index (χ1v) is 9.83. The normalized spacial score (nSPS) is 12.0. The summed E-state index contributed by atoms with van der Waals surface area (Å²) >= 11 is 0. The van der Waals surface area contributed by atoms with Crippen LogP contribution in [0.2, 0.25) is 0 Å². The average molecular weight is 410 g/mol. The minimum absolute atomic E-state index is 0.203. The van der Waals surface area contributed by atoms with E-state index in [0.29, 0.717) is 34.3 Å². The van der Waals surface area contributed by atoms with Crippen LogP contribution >= 0.6 is 0 Å². The lowest BCUT2D eigenvalue weighted by atomic mass is 10.2. The van der Waals surface area contributed by atoms with Gasteiger partial charge in [0.1, 0.15) is 11.6 Å². The minimum Gasteiger partial charge on any atom is -0.436 e. The monoisotopic (exact) mass is 410 g/mol. The smallest absolute Gasteiger partial charge is 0.251 e. The Morgan fingerprint density at radius 3 is 2.42 bits per heavy atom. The highest BCUT2D eigenvalue weighted by Crippen LogP contribution is 2.27. The van der Waals surface area contributed by atoms with E-state index in [-0.39, 0.29) is 5.91 Å². The Bertz CT molecular complexity index is 1340. The topological polar surface area (TPSA) is 94.1 Å². The number of fused-ring (bicyclic) bond motifs is 1. The molecule has 31 heavy (non-hydrogen) atoms. The fourth-order valence-electron chi connectivity index (χ4n) is 3.23. The molecule has 1 N–H and O–H groups in total. The van der Waals surface area contributed by atoms with E-state index < -0.39 is 6.04 Å². The first-order valence-electron chi connectivity index (χ1n) is 9.83. The van der Waals surface area contributed by atoms with E-state index in [1.54, 1.807) is 19.1 Å². The zero-order valence-electron chi connectivity index (χ0n) is 16.6. The minimum atomic E-state index is -0.436. The van der Waals surface area contributed by atoms with E-state index in [1.165, 1.54) is 0 Å². The van der Waals surface area contributed by atoms with Gasteiger partial charge >= 0.3 is 0 Å². The number of carbonyl (C=O) groups excluding carboxylic acids is 1. The van der Waals surface area contributed by atoms with Gasteiger partial charge in [0.2, 0.25) is 17.6 Å². The van der Waals surface area contributed by atoms with Crippen LogP contribution < -0.4 is 5.32 Å². The Balaban J connectivity index is 1.37. The molecule has 0 saturated heterocycles. The van der Waals surface area contributed by atoms with E-state index in [4.69, 9.17) is 8.94 Å². The molecule has 0 aliphatic heterocycles. The summed E-state index contributed by atoms with van der Waals surface area (Å²) in [6, 6.07) is 23.8. The van der Waals surface area contributed by atoms with Crippen molar-refractivity contribution in [1.29, 1.82) is 0 Å². The third-order valence-electron chi connectivity index (χ3n) is 4.86. The van der Waals surface area contributed by atoms with Crippen molar-refractivity contribution in [3.05, 3.63) is 90.3 Å². The molecule has 152 valence electrons. The number of hydrogen-bond donors (Lipinski definition) is 1. The number of oxazole rings is 1. The molecule has 5 rings (SSSR count). The quantitative estimate of drug-likeness (QED) is 0.436. The molecule has 3 aromatic carbocycles. The molecule has 0 radical (unpaired) electrons. The zero-order valence-corrected chi connectivity index (χ0v) is 16.6. The van der Waals surface area contributed by atoms with Gasteiger partial charge in [0.05, 0.1) is 0 Å². The number of nitrogens with one attached hydrogen (secondary N) is 1. The number of benzene rings is 3. The fraction of sp³-hybridized carbons (Fsp3) is 0.0833. The SMILES string of the molecule is CC(NC(=O)c1ccccc1)c1nc(-c2ccc3oc(-c4ccccc4)nc3c2)no1. The summed E-state index contributed by atoms with van der Waals surface area (Å²) in [6.45, 7) is 1.80. The molecule has 0 spiro atoms. The van der Waals surface area contributed by atoms with Crippen LogP contribution in [0.1, 0.15) is 29.2 Å². The van der Waals surface area contributed by atoms with Gasteiger partial charge in [-0.1, -0.05) is 41.6 Å². The molecular weight excluding hydrogens is 392 g/mol. The van der Waals surface area contributed by atoms with Crippen LogP contribution in [0, 0.1) is 0 Å². The largest absolute Gasteiger partial charge is 0.436 e. The van der Waals surface area contributed by atoms with Crippen molar-refractivity contribution in [3.63, 3.8) is 0 Å². The molecule has 2 aromatic heterocycles. The van der Waals surface area contributed by atoms with Crippen LogP contribution in [-0.2, 0) is 0 Å². The summed E-state index contributed by atoms with van der Waals surface area (Å²) in [5.41, 5.74) is 3.60. The molecule has 0 fully saturated rings. The number of amides is 1. The van der Waals surface area contributed by atoms with Crippen LogP contribution in [-0.4, -0.2) is 21.0 Å². The lowest BCUT2D eigenvalue weighted by Gasteiger charge is -2.09. The molecular formula is C24H18N4O3. The van der Waals surface area contributed by atoms with E-state index in [1.807, 2.05) is 66.7 Å². The van der Waals surface area contributed by atoms with Crippen molar-refractivity contribution in [2.45, 2.75) is 13.0 Å². The van der Waals surface area contributed by atoms with Gasteiger partial charge in [-0.25, -0.2) is 4.98 Å². The third kappa shape index (κ3) is 3.81. The van der Waals surface area contributed by atoms with Gasteiger partial charge in [-0.2, -0.15) is 4.98 Å². The maximum Gasteiger partial charge on any atom is 0.251 e. The second-order valence-corrected chi connectivity index (χ2v) is 7.08. The summed E-state index contributed by atoms with van der Waals surface area (Å²) < 4.78 is 11.2. The maximum atomic E-state index is 12.4. The van der Waals surface area contributed by atoms with Gasteiger partial charge in [-0.3, -0.25) is 4.79 Å². The third-order valence-corrected chi connectivity index (χ3v) is 4.86. The molecule has 1 atom stereocenters. The van der Waals surface area contributed by atoms with Crippen LogP contribution in [0.15, 0.2) is 87.8 Å². The second kappa shape index (κ2) is 7.87. The summed E-state index contributed by atoms with van der Waals surface area (Å²) in [5, 5.41) is 6.93. The summed E-state index contributed by atoms with van der Waals surface area (Å²) in [6.07, 6.45) is 0. The molecule has 0 saturated carbocycles. The van der Waals surface area contributed by atoms with Crippen LogP contribution in [0.3, 0.4) is 0 Å². The van der Waals surface area contributed by atoms with E-state index in [2.05, 4.69) is 20.4 Å². The summed E-state index contributed by atoms with van der Waals surface area (Å²) in [7, 11) is 0. The Morgan fingerprint density at radius 2 is 1.65 bits per heavy atom. The van der Waals surface area contributed by atoms with Crippen LogP contribution in [0.5, 0.6) is 0 Å². The predicted octanol–water partition coefficient (Wildman–Crippen LogP) is 5.04. The van der Waals surface area contributed by atoms with Gasteiger partial charge in [-0.15, -0.1) is 0 Å². The van der Waals surface area contributed by atoms with E-state index in [0.717, 1.165) is 11.1 Å². The van der Waals surface area contributed by atoms with Crippen molar-refractivity contribution in [1.82, 2.24) is 20.4 Å². The van der Waals surface area contributed by atoms with Gasteiger partial charge in [0.25, 0.3) is 5.91 Å². The van der Waals surface area contributed by atoms with Gasteiger partial charge < -0.3 is 14.3 Å². The van der Waals surface area contributed by atoms with Crippen molar-refractivity contribution in [2.75, 3.05) is 0 Å². The van der Waals surface area contributed by atoms with Gasteiger partial charge in [-0.05, 0) is 49.4 Å². The Labute approximate surface area is 177 Å². The number of hydrogen-bond acceptors (Lipinski definition) is 6. The zero-order chi connectivity index (χ0) is 21.2. The number of rotatable bonds is 5. The Hall–Kier alpha value is -4.26. The molecule has 0 aliphatic carbocycles. The highest BCUT2D eigenvalue weighted by molar-refractivity contribution is 5.94. The van der Waals surface area contributed by atoms with E-state index >= 15 is 0 Å². The molecule has 2 heterocycles. The molecule has 0 aliphatic rings. The first kappa shape index (κ1) is 18.7. The molecule has 5 aromatic rings. The fourth-order valence-corrected chi connectivity index (χ4v) is 3.23. The van der Waals surface area contributed by atoms with E-state index in [9.17, 15) is 4.79 Å². The molecule has 0 bridgehead atoms. The molecule has 7 heteroatoms. The molecule has 7 nitrogen and oxygen atoms in total. The number of carbonyl (C=O) groups is 1. The van der Waals surface area contributed by atoms with Crippen molar-refractivity contribution >= 4 is 17.0 Å². The van der Waals surface area contributed by atoms with Crippen molar-refractivity contribution in [2.24, 2.45) is 0 Å². The van der Waals surface area contributed by atoms with Gasteiger partial charge in [0, 0.05) is 16.7 Å². The Kier molecular flexibility index (Phi) is 4.76. The Morgan fingerprint density at radius 1 is 0.903 bits per heavy atom. The number of nitrogens with zero attached hydrogens (tertiary/aromatic N) is 3. The maximum absolute atomic E-state index is 12.4. The summed E-state index contributed by atoms with van der Waals surface area (Å²) in [4.78, 5) is 21.4. The molecule has 1 amide bonds. The average Bonchev–Trinajstić information content (AvgIpc) is 3.47.